The van der Waals surface area contributed by atoms with Crippen LogP contribution in [0.5, 0.6) is 0 Å². The van der Waals surface area contributed by atoms with Gasteiger partial charge in [0.1, 0.15) is 0 Å². The normalized spacial score (nSPS) is 16.1. The first-order valence-electron chi connectivity index (χ1n) is 9.07. The molecular formula is C23H25N. The molecule has 4 rings (SSSR count). The minimum atomic E-state index is 0.511. The first-order valence-corrected chi connectivity index (χ1v) is 9.07. The molecule has 24 heavy (non-hydrogen) atoms. The number of aryl methyl sites for hydroxylation is 1. The Bertz CT molecular complexity index is 894. The molecular weight excluding hydrogens is 290 g/mol. The van der Waals surface area contributed by atoms with Gasteiger partial charge < -0.3 is 4.90 Å². The van der Waals surface area contributed by atoms with E-state index in [1.807, 2.05) is 0 Å². The summed E-state index contributed by atoms with van der Waals surface area (Å²) in [5.74, 6) is 0.511. The van der Waals surface area contributed by atoms with Crippen molar-refractivity contribution in [1.29, 1.82) is 0 Å². The summed E-state index contributed by atoms with van der Waals surface area (Å²) in [5, 5.41) is 2.75. The maximum atomic E-state index is 2.41. The SMILES string of the molecule is CCCCC1c2ccccc2N(C)c2c1ccc1cccc(C)c21. The number of fused-ring (bicyclic) bond motifs is 4. The first kappa shape index (κ1) is 15.3. The van der Waals surface area contributed by atoms with Crippen LogP contribution in [0, 0.1) is 6.92 Å². The zero-order valence-electron chi connectivity index (χ0n) is 14.8. The summed E-state index contributed by atoms with van der Waals surface area (Å²) in [5.41, 5.74) is 7.11. The lowest BCUT2D eigenvalue weighted by Crippen LogP contribution is -2.22. The molecule has 0 spiro atoms. The second kappa shape index (κ2) is 5.98. The molecule has 0 aromatic heterocycles. The molecule has 1 atom stereocenters. The molecule has 0 N–H and O–H groups in total. The van der Waals surface area contributed by atoms with Crippen LogP contribution in [0.25, 0.3) is 10.8 Å². The van der Waals surface area contributed by atoms with Crippen molar-refractivity contribution in [3.63, 3.8) is 0 Å². The van der Waals surface area contributed by atoms with Crippen molar-refractivity contribution >= 4 is 22.1 Å². The van der Waals surface area contributed by atoms with Crippen LogP contribution in [0.3, 0.4) is 0 Å². The number of nitrogens with zero attached hydrogens (tertiary/aromatic N) is 1. The molecule has 0 fully saturated rings. The van der Waals surface area contributed by atoms with E-state index in [0.29, 0.717) is 5.92 Å². The van der Waals surface area contributed by atoms with E-state index in [0.717, 1.165) is 0 Å². The second-order valence-electron chi connectivity index (χ2n) is 6.99. The molecule has 1 nitrogen and oxygen atoms in total. The van der Waals surface area contributed by atoms with Crippen molar-refractivity contribution in [3.05, 3.63) is 71.3 Å². The highest BCUT2D eigenvalue weighted by Gasteiger charge is 2.29. The van der Waals surface area contributed by atoms with E-state index in [1.165, 1.54) is 58.1 Å². The molecule has 1 aliphatic rings. The number of hydrogen-bond donors (Lipinski definition) is 0. The number of unbranched alkanes of at least 4 members (excludes halogenated alkanes) is 1. The van der Waals surface area contributed by atoms with Gasteiger partial charge in [-0.1, -0.05) is 68.3 Å². The molecule has 0 aliphatic carbocycles. The summed E-state index contributed by atoms with van der Waals surface area (Å²) < 4.78 is 0. The highest BCUT2D eigenvalue weighted by molar-refractivity contribution is 6.01. The summed E-state index contributed by atoms with van der Waals surface area (Å²) >= 11 is 0. The van der Waals surface area contributed by atoms with Crippen LogP contribution in [0.2, 0.25) is 0 Å². The van der Waals surface area contributed by atoms with Gasteiger partial charge in [-0.05, 0) is 41.5 Å². The molecule has 0 bridgehead atoms. The zero-order valence-corrected chi connectivity index (χ0v) is 14.8. The van der Waals surface area contributed by atoms with Crippen molar-refractivity contribution < 1.29 is 0 Å². The van der Waals surface area contributed by atoms with Crippen molar-refractivity contribution in [1.82, 2.24) is 0 Å². The van der Waals surface area contributed by atoms with Gasteiger partial charge in [-0.15, -0.1) is 0 Å². The Morgan fingerprint density at radius 1 is 0.917 bits per heavy atom. The van der Waals surface area contributed by atoms with Gasteiger partial charge in [0.05, 0.1) is 5.69 Å². The fourth-order valence-corrected chi connectivity index (χ4v) is 4.29. The third-order valence-corrected chi connectivity index (χ3v) is 5.49. The third kappa shape index (κ3) is 2.23. The Hall–Kier alpha value is -2.28. The molecule has 1 heteroatoms. The van der Waals surface area contributed by atoms with Crippen LogP contribution in [-0.4, -0.2) is 7.05 Å². The van der Waals surface area contributed by atoms with Crippen molar-refractivity contribution in [2.45, 2.75) is 39.0 Å². The van der Waals surface area contributed by atoms with E-state index in [2.05, 4.69) is 80.4 Å². The molecule has 1 heterocycles. The summed E-state index contributed by atoms with van der Waals surface area (Å²) in [4.78, 5) is 2.41. The van der Waals surface area contributed by atoms with Gasteiger partial charge in [-0.25, -0.2) is 0 Å². The Morgan fingerprint density at radius 2 is 1.75 bits per heavy atom. The molecule has 0 saturated carbocycles. The topological polar surface area (TPSA) is 3.24 Å². The minimum absolute atomic E-state index is 0.511. The molecule has 0 radical (unpaired) electrons. The Labute approximate surface area is 144 Å². The quantitative estimate of drug-likeness (QED) is 0.529. The lowest BCUT2D eigenvalue weighted by molar-refractivity contribution is 0.645. The minimum Gasteiger partial charge on any atom is -0.344 e. The Balaban J connectivity index is 2.01. The van der Waals surface area contributed by atoms with E-state index < -0.39 is 0 Å². The maximum absolute atomic E-state index is 2.41. The van der Waals surface area contributed by atoms with Gasteiger partial charge in [0.25, 0.3) is 0 Å². The number of benzene rings is 3. The van der Waals surface area contributed by atoms with Crippen LogP contribution < -0.4 is 4.90 Å². The van der Waals surface area contributed by atoms with Crippen LogP contribution in [-0.2, 0) is 0 Å². The molecule has 0 saturated heterocycles. The summed E-state index contributed by atoms with van der Waals surface area (Å²) in [7, 11) is 2.22. The van der Waals surface area contributed by atoms with Crippen LogP contribution in [0.15, 0.2) is 54.6 Å². The van der Waals surface area contributed by atoms with Gasteiger partial charge in [0, 0.05) is 24.0 Å². The monoisotopic (exact) mass is 315 g/mol. The second-order valence-corrected chi connectivity index (χ2v) is 6.99. The summed E-state index contributed by atoms with van der Waals surface area (Å²) in [6.45, 7) is 4.52. The van der Waals surface area contributed by atoms with Gasteiger partial charge >= 0.3 is 0 Å². The van der Waals surface area contributed by atoms with Crippen LogP contribution in [0.1, 0.15) is 48.8 Å². The standard InChI is InChI=1S/C23H25N/c1-4-5-11-18-19-12-6-7-13-21(19)24(3)23-20(18)15-14-17-10-8-9-16(2)22(17)23/h6-10,12-15,18H,4-5,11H2,1-3H3. The first-order chi connectivity index (χ1) is 11.7. The highest BCUT2D eigenvalue weighted by Crippen LogP contribution is 2.49. The predicted molar refractivity (Wildman–Crippen MR) is 105 cm³/mol. The Kier molecular flexibility index (Phi) is 3.80. The predicted octanol–water partition coefficient (Wildman–Crippen LogP) is 6.55. The van der Waals surface area contributed by atoms with Crippen molar-refractivity contribution in [2.75, 3.05) is 11.9 Å². The maximum Gasteiger partial charge on any atom is 0.0529 e. The van der Waals surface area contributed by atoms with Crippen molar-refractivity contribution in [2.24, 2.45) is 0 Å². The fourth-order valence-electron chi connectivity index (χ4n) is 4.29. The molecule has 122 valence electrons. The smallest absolute Gasteiger partial charge is 0.0529 e. The van der Waals surface area contributed by atoms with E-state index in [1.54, 1.807) is 0 Å². The number of rotatable bonds is 3. The molecule has 1 unspecified atom stereocenters. The van der Waals surface area contributed by atoms with Gasteiger partial charge in [0.2, 0.25) is 0 Å². The van der Waals surface area contributed by atoms with Gasteiger partial charge in [-0.3, -0.25) is 0 Å². The third-order valence-electron chi connectivity index (χ3n) is 5.49. The van der Waals surface area contributed by atoms with E-state index >= 15 is 0 Å². The lowest BCUT2D eigenvalue weighted by Gasteiger charge is -2.37. The Morgan fingerprint density at radius 3 is 2.58 bits per heavy atom. The zero-order chi connectivity index (χ0) is 16.7. The average molecular weight is 315 g/mol. The lowest BCUT2D eigenvalue weighted by atomic mass is 9.80. The largest absolute Gasteiger partial charge is 0.344 e. The number of hydrogen-bond acceptors (Lipinski definition) is 1. The molecule has 3 aromatic carbocycles. The van der Waals surface area contributed by atoms with E-state index in [9.17, 15) is 0 Å². The van der Waals surface area contributed by atoms with Crippen LogP contribution in [0.4, 0.5) is 11.4 Å². The van der Waals surface area contributed by atoms with E-state index in [-0.39, 0.29) is 0 Å². The van der Waals surface area contributed by atoms with Crippen LogP contribution >= 0.6 is 0 Å². The fraction of sp³-hybridized carbons (Fsp3) is 0.304. The van der Waals surface area contributed by atoms with Gasteiger partial charge in [-0.2, -0.15) is 0 Å². The highest BCUT2D eigenvalue weighted by atomic mass is 15.1. The molecule has 3 aromatic rings. The average Bonchev–Trinajstić information content (AvgIpc) is 2.61. The van der Waals surface area contributed by atoms with Crippen molar-refractivity contribution in [3.8, 4) is 0 Å². The summed E-state index contributed by atoms with van der Waals surface area (Å²) in [6, 6.07) is 20.2. The molecule has 0 amide bonds. The number of anilines is 2. The number of para-hydroxylation sites is 1. The van der Waals surface area contributed by atoms with Gasteiger partial charge in [0.15, 0.2) is 0 Å². The summed E-state index contributed by atoms with van der Waals surface area (Å²) in [6.07, 6.45) is 3.75. The molecule has 1 aliphatic heterocycles. The van der Waals surface area contributed by atoms with E-state index in [4.69, 9.17) is 0 Å².